The summed E-state index contributed by atoms with van der Waals surface area (Å²) in [5, 5.41) is 14.6. The van der Waals surface area contributed by atoms with Crippen molar-refractivity contribution in [1.29, 1.82) is 0 Å². The second-order valence-corrected chi connectivity index (χ2v) is 10.2. The van der Waals surface area contributed by atoms with Gasteiger partial charge in [-0.25, -0.2) is 14.4 Å². The Hall–Kier alpha value is -3.30. The summed E-state index contributed by atoms with van der Waals surface area (Å²) in [4.78, 5) is 49.8. The monoisotopic (exact) mass is 493 g/mol. The Bertz CT molecular complexity index is 845. The fourth-order valence-corrected chi connectivity index (χ4v) is 2.97. The van der Waals surface area contributed by atoms with Gasteiger partial charge in [-0.1, -0.05) is 30.3 Å². The molecule has 1 rings (SSSR count). The number of nitrogens with zero attached hydrogens (tertiary/aromatic N) is 1. The lowest BCUT2D eigenvalue weighted by Crippen LogP contribution is -2.53. The molecule has 0 spiro atoms. The molecule has 0 saturated carbocycles. The number of benzene rings is 1. The minimum Gasteiger partial charge on any atom is -0.480 e. The first-order valence-corrected chi connectivity index (χ1v) is 11.7. The third-order valence-electron chi connectivity index (χ3n) is 4.76. The van der Waals surface area contributed by atoms with Gasteiger partial charge in [0.1, 0.15) is 24.8 Å². The Morgan fingerprint density at radius 1 is 1.00 bits per heavy atom. The molecular formula is C25H39N3O7. The van der Waals surface area contributed by atoms with Crippen molar-refractivity contribution in [3.8, 4) is 0 Å². The summed E-state index contributed by atoms with van der Waals surface area (Å²) in [6.07, 6.45) is -0.0835. The van der Waals surface area contributed by atoms with E-state index in [1.165, 1.54) is 4.90 Å². The molecule has 0 radical (unpaired) electrons. The first-order chi connectivity index (χ1) is 16.2. The number of nitrogens with one attached hydrogen (secondary N) is 2. The van der Waals surface area contributed by atoms with Crippen LogP contribution in [0, 0.1) is 0 Å². The molecule has 0 aliphatic carbocycles. The van der Waals surface area contributed by atoms with Crippen molar-refractivity contribution in [3.63, 3.8) is 0 Å². The molecule has 0 heterocycles. The lowest BCUT2D eigenvalue weighted by Gasteiger charge is -2.36. The number of carbonyl (C=O) groups excluding carboxylic acids is 3. The van der Waals surface area contributed by atoms with Crippen LogP contribution in [0.25, 0.3) is 0 Å². The van der Waals surface area contributed by atoms with E-state index in [1.54, 1.807) is 41.5 Å². The number of aliphatic carboxylic acids is 1. The number of hydrogen-bond donors (Lipinski definition) is 3. The zero-order valence-electron chi connectivity index (χ0n) is 21.6. The molecule has 0 fully saturated rings. The highest BCUT2D eigenvalue weighted by Crippen LogP contribution is 2.18. The van der Waals surface area contributed by atoms with Crippen molar-refractivity contribution in [3.05, 3.63) is 35.9 Å². The summed E-state index contributed by atoms with van der Waals surface area (Å²) in [7, 11) is 0. The Morgan fingerprint density at radius 2 is 1.63 bits per heavy atom. The van der Waals surface area contributed by atoms with Gasteiger partial charge in [-0.05, 0) is 66.4 Å². The molecule has 3 amide bonds. The SMILES string of the molecule is CC(C)(C)OC(=O)N(CC(=O)N[C@@H](CCCCNC(=O)OCc1ccccc1)C(=O)O)C(C)(C)C. The van der Waals surface area contributed by atoms with Gasteiger partial charge in [0.2, 0.25) is 5.91 Å². The van der Waals surface area contributed by atoms with Crippen molar-refractivity contribution in [1.82, 2.24) is 15.5 Å². The third kappa shape index (κ3) is 12.7. The summed E-state index contributed by atoms with van der Waals surface area (Å²) >= 11 is 0. The van der Waals surface area contributed by atoms with Crippen LogP contribution >= 0.6 is 0 Å². The Balaban J connectivity index is 2.46. The minimum absolute atomic E-state index is 0.161. The lowest BCUT2D eigenvalue weighted by molar-refractivity contribution is -0.142. The normalized spacial score (nSPS) is 12.3. The van der Waals surface area contributed by atoms with Crippen LogP contribution in [0.3, 0.4) is 0 Å². The average molecular weight is 494 g/mol. The summed E-state index contributed by atoms with van der Waals surface area (Å²) in [6.45, 7) is 10.6. The number of amides is 3. The highest BCUT2D eigenvalue weighted by atomic mass is 16.6. The number of unbranched alkanes of at least 4 members (excludes halogenated alkanes) is 1. The van der Waals surface area contributed by atoms with E-state index in [0.717, 1.165) is 5.56 Å². The minimum atomic E-state index is -1.17. The zero-order valence-corrected chi connectivity index (χ0v) is 21.6. The molecule has 10 heteroatoms. The van der Waals surface area contributed by atoms with Crippen molar-refractivity contribution >= 4 is 24.1 Å². The van der Waals surface area contributed by atoms with Crippen LogP contribution in [-0.4, -0.2) is 64.3 Å². The summed E-state index contributed by atoms with van der Waals surface area (Å²) in [5.74, 6) is -1.77. The molecule has 35 heavy (non-hydrogen) atoms. The maximum Gasteiger partial charge on any atom is 0.411 e. The molecule has 10 nitrogen and oxygen atoms in total. The van der Waals surface area contributed by atoms with Crippen LogP contribution < -0.4 is 10.6 Å². The molecule has 1 aromatic rings. The number of alkyl carbamates (subject to hydrolysis) is 1. The molecular weight excluding hydrogens is 454 g/mol. The van der Waals surface area contributed by atoms with Crippen LogP contribution in [0.2, 0.25) is 0 Å². The molecule has 0 unspecified atom stereocenters. The van der Waals surface area contributed by atoms with Crippen LogP contribution in [0.15, 0.2) is 30.3 Å². The molecule has 0 bridgehead atoms. The summed E-state index contributed by atoms with van der Waals surface area (Å²) in [5.41, 5.74) is -0.568. The van der Waals surface area contributed by atoms with Crippen molar-refractivity contribution in [2.45, 2.75) is 84.6 Å². The van der Waals surface area contributed by atoms with Crippen molar-refractivity contribution < 1.29 is 33.8 Å². The molecule has 0 aliphatic rings. The lowest BCUT2D eigenvalue weighted by atomic mass is 10.1. The van der Waals surface area contributed by atoms with E-state index in [4.69, 9.17) is 9.47 Å². The van der Waals surface area contributed by atoms with Crippen LogP contribution in [0.4, 0.5) is 9.59 Å². The molecule has 0 aliphatic heterocycles. The van der Waals surface area contributed by atoms with Crippen LogP contribution in [-0.2, 0) is 25.7 Å². The van der Waals surface area contributed by atoms with Gasteiger partial charge in [-0.15, -0.1) is 0 Å². The van der Waals surface area contributed by atoms with Crippen molar-refractivity contribution in [2.24, 2.45) is 0 Å². The smallest absolute Gasteiger partial charge is 0.411 e. The summed E-state index contributed by atoms with van der Waals surface area (Å²) in [6, 6.07) is 8.16. The van der Waals surface area contributed by atoms with Gasteiger partial charge < -0.3 is 25.2 Å². The quantitative estimate of drug-likeness (QED) is 0.400. The van der Waals surface area contributed by atoms with Crippen molar-refractivity contribution in [2.75, 3.05) is 13.1 Å². The van der Waals surface area contributed by atoms with Gasteiger partial charge in [0.25, 0.3) is 0 Å². The third-order valence-corrected chi connectivity index (χ3v) is 4.76. The molecule has 1 atom stereocenters. The highest BCUT2D eigenvalue weighted by molar-refractivity contribution is 5.87. The van der Waals surface area contributed by atoms with Gasteiger partial charge in [0.15, 0.2) is 0 Å². The fraction of sp³-hybridized carbons (Fsp3) is 0.600. The van der Waals surface area contributed by atoms with E-state index in [0.29, 0.717) is 19.4 Å². The van der Waals surface area contributed by atoms with Gasteiger partial charge in [-0.2, -0.15) is 0 Å². The first kappa shape index (κ1) is 29.7. The van der Waals surface area contributed by atoms with Gasteiger partial charge in [0, 0.05) is 12.1 Å². The maximum absolute atomic E-state index is 12.6. The van der Waals surface area contributed by atoms with Gasteiger partial charge in [0.05, 0.1) is 0 Å². The number of rotatable bonds is 11. The molecule has 0 aromatic heterocycles. The number of ether oxygens (including phenoxy) is 2. The number of hydrogen-bond acceptors (Lipinski definition) is 6. The largest absolute Gasteiger partial charge is 0.480 e. The second kappa shape index (κ2) is 13.6. The fourth-order valence-electron chi connectivity index (χ4n) is 2.97. The van der Waals surface area contributed by atoms with Crippen LogP contribution in [0.1, 0.15) is 66.4 Å². The standard InChI is InChI=1S/C25H39N3O7/c1-24(2,3)28(23(33)35-25(4,5)6)16-20(29)27-19(21(30)31)14-10-11-15-26-22(32)34-17-18-12-8-7-9-13-18/h7-9,12-13,19H,10-11,14-17H2,1-6H3,(H,26,32)(H,27,29)(H,30,31)/t19-/m0/s1. The van der Waals surface area contributed by atoms with Gasteiger partial charge in [-0.3, -0.25) is 9.69 Å². The average Bonchev–Trinajstić information content (AvgIpc) is 2.73. The molecule has 196 valence electrons. The van der Waals surface area contributed by atoms with Gasteiger partial charge >= 0.3 is 18.2 Å². The maximum atomic E-state index is 12.6. The van der Waals surface area contributed by atoms with E-state index in [9.17, 15) is 24.3 Å². The zero-order chi connectivity index (χ0) is 26.6. The Labute approximate surface area is 207 Å². The summed E-state index contributed by atoms with van der Waals surface area (Å²) < 4.78 is 10.5. The highest BCUT2D eigenvalue weighted by Gasteiger charge is 2.33. The van der Waals surface area contributed by atoms with E-state index in [-0.39, 0.29) is 19.6 Å². The molecule has 1 aromatic carbocycles. The number of carboxylic acid groups (broad SMARTS) is 1. The molecule has 0 saturated heterocycles. The van der Waals surface area contributed by atoms with E-state index in [2.05, 4.69) is 10.6 Å². The first-order valence-electron chi connectivity index (χ1n) is 11.7. The Kier molecular flexibility index (Phi) is 11.5. The van der Waals surface area contributed by atoms with Crippen LogP contribution in [0.5, 0.6) is 0 Å². The predicted molar refractivity (Wildman–Crippen MR) is 131 cm³/mol. The second-order valence-electron chi connectivity index (χ2n) is 10.2. The molecule has 3 N–H and O–H groups in total. The predicted octanol–water partition coefficient (Wildman–Crippen LogP) is 3.69. The van der Waals surface area contributed by atoms with E-state index in [1.807, 2.05) is 30.3 Å². The van der Waals surface area contributed by atoms with E-state index >= 15 is 0 Å². The topological polar surface area (TPSA) is 134 Å². The number of carbonyl (C=O) groups is 4. The van der Waals surface area contributed by atoms with E-state index < -0.39 is 41.2 Å². The number of carboxylic acids is 1. The Morgan fingerprint density at radius 3 is 2.17 bits per heavy atom.